The highest BCUT2D eigenvalue weighted by atomic mass is 35.5. The first-order valence-corrected chi connectivity index (χ1v) is 14.8. The van der Waals surface area contributed by atoms with Crippen molar-refractivity contribution in [2.45, 2.75) is 57.7 Å². The van der Waals surface area contributed by atoms with Gasteiger partial charge in [0.25, 0.3) is 0 Å². The molecule has 1 atom stereocenters. The molecule has 0 aromatic heterocycles. The van der Waals surface area contributed by atoms with Gasteiger partial charge in [-0.3, -0.25) is 13.9 Å². The number of benzene rings is 2. The van der Waals surface area contributed by atoms with Crippen LogP contribution in [0.15, 0.2) is 36.4 Å². The molecule has 3 rings (SSSR count). The number of carbonyl (C=O) groups excluding carboxylic acids is 2. The number of rotatable bonds is 9. The van der Waals surface area contributed by atoms with Crippen molar-refractivity contribution in [1.82, 2.24) is 10.2 Å². The zero-order valence-corrected chi connectivity index (χ0v) is 23.6. The van der Waals surface area contributed by atoms with E-state index in [2.05, 4.69) is 5.32 Å². The summed E-state index contributed by atoms with van der Waals surface area (Å²) < 4.78 is 40.7. The number of anilines is 1. The van der Waals surface area contributed by atoms with E-state index >= 15 is 0 Å². The van der Waals surface area contributed by atoms with Crippen LogP contribution in [0.1, 0.15) is 44.6 Å². The highest BCUT2D eigenvalue weighted by molar-refractivity contribution is 7.92. The summed E-state index contributed by atoms with van der Waals surface area (Å²) in [7, 11) is -4.02. The largest absolute Gasteiger partial charge is 0.352 e. The Bertz CT molecular complexity index is 1260. The zero-order chi connectivity index (χ0) is 27.3. The van der Waals surface area contributed by atoms with E-state index in [1.54, 1.807) is 6.07 Å². The minimum absolute atomic E-state index is 0.00310. The molecule has 2 aromatic rings. The molecule has 37 heavy (non-hydrogen) atoms. The van der Waals surface area contributed by atoms with Crippen molar-refractivity contribution < 1.29 is 22.4 Å². The molecule has 0 radical (unpaired) electrons. The van der Waals surface area contributed by atoms with Gasteiger partial charge in [-0.1, -0.05) is 72.3 Å². The summed E-state index contributed by atoms with van der Waals surface area (Å²) in [5.74, 6) is -1.66. The summed E-state index contributed by atoms with van der Waals surface area (Å²) in [5, 5.41) is 3.11. The Morgan fingerprint density at radius 3 is 2.30 bits per heavy atom. The molecule has 0 unspecified atom stereocenters. The number of halogens is 4. The Labute approximate surface area is 231 Å². The highest BCUT2D eigenvalue weighted by Crippen LogP contribution is 2.35. The van der Waals surface area contributed by atoms with Gasteiger partial charge in [-0.15, -0.1) is 0 Å². The molecular weight excluding hydrogens is 564 g/mol. The maximum Gasteiger partial charge on any atom is 0.244 e. The third-order valence-corrected chi connectivity index (χ3v) is 8.51. The number of carbonyl (C=O) groups is 2. The van der Waals surface area contributed by atoms with Crippen LogP contribution in [0, 0.1) is 5.82 Å². The van der Waals surface area contributed by atoms with Crippen LogP contribution in [0.3, 0.4) is 0 Å². The minimum atomic E-state index is -4.02. The first kappa shape index (κ1) is 29.5. The second kappa shape index (κ2) is 12.7. The topological polar surface area (TPSA) is 86.8 Å². The fraction of sp³-hybridized carbons (Fsp3) is 0.440. The molecule has 2 aromatic carbocycles. The maximum absolute atomic E-state index is 14.5. The van der Waals surface area contributed by atoms with Crippen LogP contribution in [0.25, 0.3) is 0 Å². The van der Waals surface area contributed by atoms with Gasteiger partial charge < -0.3 is 10.2 Å². The van der Waals surface area contributed by atoms with Crippen molar-refractivity contribution in [2.75, 3.05) is 17.1 Å². The molecule has 1 aliphatic carbocycles. The number of hydrogen-bond donors (Lipinski definition) is 1. The molecule has 0 aliphatic heterocycles. The van der Waals surface area contributed by atoms with E-state index in [1.807, 2.05) is 0 Å². The molecule has 202 valence electrons. The van der Waals surface area contributed by atoms with Gasteiger partial charge in [0.15, 0.2) is 0 Å². The molecule has 0 heterocycles. The average molecular weight is 593 g/mol. The van der Waals surface area contributed by atoms with Gasteiger partial charge in [-0.05, 0) is 38.0 Å². The third-order valence-electron chi connectivity index (χ3n) is 6.36. The zero-order valence-electron chi connectivity index (χ0n) is 20.5. The van der Waals surface area contributed by atoms with Crippen LogP contribution in [-0.4, -0.2) is 50.0 Å². The Balaban J connectivity index is 1.93. The van der Waals surface area contributed by atoms with Gasteiger partial charge >= 0.3 is 0 Å². The molecule has 2 amide bonds. The number of amides is 2. The lowest BCUT2D eigenvalue weighted by atomic mass is 9.95. The molecule has 7 nitrogen and oxygen atoms in total. The Morgan fingerprint density at radius 2 is 1.68 bits per heavy atom. The van der Waals surface area contributed by atoms with E-state index in [4.69, 9.17) is 34.8 Å². The molecule has 1 aliphatic rings. The number of nitrogens with zero attached hydrogens (tertiary/aromatic N) is 2. The van der Waals surface area contributed by atoms with Crippen molar-refractivity contribution in [1.29, 1.82) is 0 Å². The fourth-order valence-corrected chi connectivity index (χ4v) is 5.81. The summed E-state index contributed by atoms with van der Waals surface area (Å²) >= 11 is 18.3. The predicted molar refractivity (Wildman–Crippen MR) is 145 cm³/mol. The SMILES string of the molecule is C[C@@H](C(=O)NC1CCCCC1)N(Cc1ccccc1F)C(=O)CN(c1cc(Cl)c(Cl)cc1Cl)S(C)(=O)=O. The Hall–Kier alpha value is -2.07. The Kier molecular flexibility index (Phi) is 10.1. The van der Waals surface area contributed by atoms with Crippen LogP contribution in [0.2, 0.25) is 15.1 Å². The van der Waals surface area contributed by atoms with Gasteiger partial charge in [0.05, 0.1) is 27.0 Å². The average Bonchev–Trinajstić information content (AvgIpc) is 2.84. The van der Waals surface area contributed by atoms with Crippen LogP contribution >= 0.6 is 34.8 Å². The maximum atomic E-state index is 14.5. The molecule has 1 N–H and O–H groups in total. The summed E-state index contributed by atoms with van der Waals surface area (Å²) in [6.07, 6.45) is 5.72. The van der Waals surface area contributed by atoms with Gasteiger partial charge in [0, 0.05) is 18.2 Å². The number of nitrogens with one attached hydrogen (secondary N) is 1. The van der Waals surface area contributed by atoms with Crippen molar-refractivity contribution in [3.05, 3.63) is 62.8 Å². The molecule has 0 bridgehead atoms. The summed E-state index contributed by atoms with van der Waals surface area (Å²) in [4.78, 5) is 27.9. The van der Waals surface area contributed by atoms with E-state index in [1.165, 1.54) is 42.2 Å². The second-order valence-electron chi connectivity index (χ2n) is 9.12. The smallest absolute Gasteiger partial charge is 0.244 e. The lowest BCUT2D eigenvalue weighted by Gasteiger charge is -2.33. The molecule has 12 heteroatoms. The molecule has 1 saturated carbocycles. The predicted octanol–water partition coefficient (Wildman–Crippen LogP) is 5.42. The summed E-state index contributed by atoms with van der Waals surface area (Å²) in [6.45, 7) is 0.608. The lowest BCUT2D eigenvalue weighted by molar-refractivity contribution is -0.139. The van der Waals surface area contributed by atoms with Crippen LogP contribution < -0.4 is 9.62 Å². The van der Waals surface area contributed by atoms with E-state index < -0.39 is 40.2 Å². The quantitative estimate of drug-likeness (QED) is 0.394. The molecular formula is C25H29Cl3FN3O4S. The van der Waals surface area contributed by atoms with E-state index in [-0.39, 0.29) is 38.9 Å². The Morgan fingerprint density at radius 1 is 1.05 bits per heavy atom. The number of sulfonamides is 1. The normalized spacial score (nSPS) is 15.2. The fourth-order valence-electron chi connectivity index (χ4n) is 4.26. The van der Waals surface area contributed by atoms with E-state index in [0.29, 0.717) is 0 Å². The third kappa shape index (κ3) is 7.72. The van der Waals surface area contributed by atoms with Crippen LogP contribution in [0.5, 0.6) is 0 Å². The van der Waals surface area contributed by atoms with Gasteiger partial charge in [-0.25, -0.2) is 12.8 Å². The summed E-state index contributed by atoms with van der Waals surface area (Å²) in [5.41, 5.74) is 0.142. The van der Waals surface area contributed by atoms with Gasteiger partial charge in [0.1, 0.15) is 18.4 Å². The summed E-state index contributed by atoms with van der Waals surface area (Å²) in [6, 6.07) is 7.42. The molecule has 1 fully saturated rings. The van der Waals surface area contributed by atoms with Crippen molar-refractivity contribution in [2.24, 2.45) is 0 Å². The van der Waals surface area contributed by atoms with E-state index in [0.717, 1.165) is 42.7 Å². The van der Waals surface area contributed by atoms with Gasteiger partial charge in [-0.2, -0.15) is 0 Å². The molecule has 0 saturated heterocycles. The van der Waals surface area contributed by atoms with E-state index in [9.17, 15) is 22.4 Å². The first-order chi connectivity index (χ1) is 17.4. The number of hydrogen-bond acceptors (Lipinski definition) is 4. The van der Waals surface area contributed by atoms with Crippen molar-refractivity contribution in [3.63, 3.8) is 0 Å². The highest BCUT2D eigenvalue weighted by Gasteiger charge is 2.32. The second-order valence-corrected chi connectivity index (χ2v) is 12.2. The lowest BCUT2D eigenvalue weighted by Crippen LogP contribution is -2.53. The van der Waals surface area contributed by atoms with Crippen LogP contribution in [0.4, 0.5) is 10.1 Å². The standard InChI is InChI=1S/C25H29Cl3FN3O4S/c1-16(25(34)30-18-9-4-3-5-10-18)31(14-17-8-6-7-11-22(17)29)24(33)15-32(37(2,35)36)23-13-20(27)19(26)12-21(23)28/h6-8,11-13,16,18H,3-5,9-10,14-15H2,1-2H3,(H,30,34)/t16-/m0/s1. The van der Waals surface area contributed by atoms with Crippen molar-refractivity contribution >= 4 is 62.3 Å². The first-order valence-electron chi connectivity index (χ1n) is 11.8. The molecule has 0 spiro atoms. The van der Waals surface area contributed by atoms with Crippen molar-refractivity contribution in [3.8, 4) is 0 Å². The van der Waals surface area contributed by atoms with Gasteiger partial charge in [0.2, 0.25) is 21.8 Å². The minimum Gasteiger partial charge on any atom is -0.352 e. The monoisotopic (exact) mass is 591 g/mol. The van der Waals surface area contributed by atoms with Crippen LogP contribution in [-0.2, 0) is 26.2 Å².